The van der Waals surface area contributed by atoms with Gasteiger partial charge in [-0.15, -0.1) is 0 Å². The summed E-state index contributed by atoms with van der Waals surface area (Å²) in [6.07, 6.45) is 6.92. The second kappa shape index (κ2) is 9.85. The van der Waals surface area contributed by atoms with Crippen molar-refractivity contribution < 1.29 is 0 Å². The number of hydrogen-bond donors (Lipinski definition) is 2. The van der Waals surface area contributed by atoms with E-state index in [0.29, 0.717) is 5.56 Å². The van der Waals surface area contributed by atoms with Crippen LogP contribution in [0.2, 0.25) is 0 Å². The molecular formula is C28H27N7OS. The van der Waals surface area contributed by atoms with E-state index in [9.17, 15) is 15.3 Å². The number of pyridine rings is 1. The number of thiazole rings is 1. The van der Waals surface area contributed by atoms with Crippen LogP contribution in [0.1, 0.15) is 40.9 Å². The number of nitrogens with one attached hydrogen (secondary N) is 2. The predicted octanol–water partition coefficient (Wildman–Crippen LogP) is 3.97. The minimum Gasteiger partial charge on any atom is -0.361 e. The number of anilines is 1. The molecule has 9 heteroatoms. The molecule has 2 N–H and O–H groups in total. The summed E-state index contributed by atoms with van der Waals surface area (Å²) in [7, 11) is 0. The number of hydrogen-bond acceptors (Lipinski definition) is 7. The predicted molar refractivity (Wildman–Crippen MR) is 145 cm³/mol. The largest absolute Gasteiger partial charge is 0.361 e. The monoisotopic (exact) mass is 509 g/mol. The number of aryl methyl sites for hydroxylation is 3. The smallest absolute Gasteiger partial charge is 0.266 e. The van der Waals surface area contributed by atoms with Gasteiger partial charge in [-0.1, -0.05) is 11.3 Å². The highest BCUT2D eigenvalue weighted by atomic mass is 32.1. The normalized spacial score (nSPS) is 15.2. The summed E-state index contributed by atoms with van der Waals surface area (Å²) in [6, 6.07) is 11.8. The molecule has 0 amide bonds. The molecule has 0 unspecified atom stereocenters. The Kier molecular flexibility index (Phi) is 6.25. The van der Waals surface area contributed by atoms with E-state index >= 15 is 0 Å². The molecule has 37 heavy (non-hydrogen) atoms. The van der Waals surface area contributed by atoms with Crippen LogP contribution in [-0.4, -0.2) is 52.6 Å². The maximum Gasteiger partial charge on any atom is 0.266 e. The van der Waals surface area contributed by atoms with Gasteiger partial charge in [-0.2, -0.15) is 10.5 Å². The van der Waals surface area contributed by atoms with Crippen LogP contribution in [0.5, 0.6) is 0 Å². The van der Waals surface area contributed by atoms with Gasteiger partial charge in [0.2, 0.25) is 0 Å². The van der Waals surface area contributed by atoms with Crippen LogP contribution in [0.3, 0.4) is 0 Å². The van der Waals surface area contributed by atoms with Gasteiger partial charge in [-0.25, -0.2) is 4.98 Å². The summed E-state index contributed by atoms with van der Waals surface area (Å²) in [5, 5.41) is 20.7. The van der Waals surface area contributed by atoms with Crippen LogP contribution in [0.15, 0.2) is 35.3 Å². The van der Waals surface area contributed by atoms with Crippen molar-refractivity contribution >= 4 is 27.4 Å². The van der Waals surface area contributed by atoms with Gasteiger partial charge in [0.25, 0.3) is 5.56 Å². The van der Waals surface area contributed by atoms with Crippen molar-refractivity contribution in [2.24, 2.45) is 0 Å². The molecule has 6 rings (SSSR count). The topological polar surface area (TPSA) is 116 Å². The van der Waals surface area contributed by atoms with Gasteiger partial charge in [-0.3, -0.25) is 9.69 Å². The SMILES string of the molecule is N#Cc1ccc2[nH]cc(CCCCN3CCN(c4nc5c(s4)-c4cc(C#N)c(=O)[nH]c4CC5)CC3)c2c1. The number of nitriles is 2. The molecule has 4 heterocycles. The summed E-state index contributed by atoms with van der Waals surface area (Å²) in [4.78, 5) is 29.2. The van der Waals surface area contributed by atoms with Crippen molar-refractivity contribution in [3.63, 3.8) is 0 Å². The zero-order valence-electron chi connectivity index (χ0n) is 20.5. The highest BCUT2D eigenvalue weighted by Gasteiger charge is 2.26. The third kappa shape index (κ3) is 4.53. The Balaban J connectivity index is 1.03. The molecule has 186 valence electrons. The standard InChI is InChI=1S/C28H27N7OS/c29-15-18-4-5-23-21(13-18)19(17-31-23)3-1-2-8-34-9-11-35(12-10-34)28-33-25-7-6-24-22(26(25)37-28)14-20(16-30)27(36)32-24/h4-5,13-14,17,31H,1-3,6-12H2,(H,32,36). The van der Waals surface area contributed by atoms with Crippen LogP contribution >= 0.6 is 11.3 Å². The van der Waals surface area contributed by atoms with Gasteiger partial charge < -0.3 is 14.9 Å². The first-order chi connectivity index (χ1) is 18.1. The number of fused-ring (bicyclic) bond motifs is 4. The summed E-state index contributed by atoms with van der Waals surface area (Å²) < 4.78 is 0. The Morgan fingerprint density at radius 2 is 1.92 bits per heavy atom. The number of nitrogens with zero attached hydrogens (tertiary/aromatic N) is 5. The minimum atomic E-state index is -0.305. The van der Waals surface area contributed by atoms with Crippen molar-refractivity contribution in [2.75, 3.05) is 37.6 Å². The van der Waals surface area contributed by atoms with Crippen molar-refractivity contribution in [1.29, 1.82) is 10.5 Å². The maximum absolute atomic E-state index is 12.0. The molecular weight excluding hydrogens is 482 g/mol. The Bertz CT molecular complexity index is 1610. The number of H-pyrrole nitrogens is 2. The molecule has 0 saturated carbocycles. The van der Waals surface area contributed by atoms with Crippen molar-refractivity contribution in [2.45, 2.75) is 32.1 Å². The van der Waals surface area contributed by atoms with Gasteiger partial charge in [0, 0.05) is 54.5 Å². The Labute approximate surface area is 218 Å². The van der Waals surface area contributed by atoms with Crippen LogP contribution in [0.4, 0.5) is 5.13 Å². The molecule has 0 spiro atoms. The van der Waals surface area contributed by atoms with Gasteiger partial charge in [0.15, 0.2) is 5.13 Å². The fourth-order valence-corrected chi connectivity index (χ4v) is 6.63. The first-order valence-corrected chi connectivity index (χ1v) is 13.6. The quantitative estimate of drug-likeness (QED) is 0.380. The number of benzene rings is 1. The Hall–Kier alpha value is -3.92. The zero-order valence-corrected chi connectivity index (χ0v) is 21.3. The van der Waals surface area contributed by atoms with E-state index in [1.807, 2.05) is 24.3 Å². The second-order valence-corrected chi connectivity index (χ2v) is 10.7. The van der Waals surface area contributed by atoms with E-state index in [4.69, 9.17) is 4.98 Å². The lowest BCUT2D eigenvalue weighted by Gasteiger charge is -2.34. The highest BCUT2D eigenvalue weighted by Crippen LogP contribution is 2.40. The number of aromatic amines is 2. The zero-order chi connectivity index (χ0) is 25.4. The van der Waals surface area contributed by atoms with Crippen LogP contribution in [0.25, 0.3) is 21.3 Å². The van der Waals surface area contributed by atoms with Gasteiger partial charge in [0.05, 0.1) is 22.2 Å². The lowest BCUT2D eigenvalue weighted by Crippen LogP contribution is -2.46. The molecule has 0 atom stereocenters. The van der Waals surface area contributed by atoms with Gasteiger partial charge in [-0.05, 0) is 68.5 Å². The number of unbranched alkanes of at least 4 members (excludes halogenated alkanes) is 1. The molecule has 4 aromatic rings. The molecule has 2 aliphatic rings. The number of rotatable bonds is 6. The van der Waals surface area contributed by atoms with E-state index in [1.54, 1.807) is 17.4 Å². The molecule has 1 fully saturated rings. The molecule has 1 aromatic carbocycles. The van der Waals surface area contributed by atoms with Crippen LogP contribution in [0, 0.1) is 22.7 Å². The van der Waals surface area contributed by atoms with Crippen LogP contribution in [-0.2, 0) is 19.3 Å². The summed E-state index contributed by atoms with van der Waals surface area (Å²) >= 11 is 1.68. The first kappa shape index (κ1) is 23.5. The molecule has 0 radical (unpaired) electrons. The Morgan fingerprint density at radius 3 is 2.73 bits per heavy atom. The van der Waals surface area contributed by atoms with E-state index in [0.717, 1.165) is 103 Å². The number of aromatic nitrogens is 3. The average Bonchev–Trinajstić information content (AvgIpc) is 3.55. The summed E-state index contributed by atoms with van der Waals surface area (Å²) in [5.41, 5.74) is 5.89. The maximum atomic E-state index is 12.0. The fourth-order valence-electron chi connectivity index (χ4n) is 5.42. The van der Waals surface area contributed by atoms with Gasteiger partial charge >= 0.3 is 0 Å². The molecule has 1 aliphatic heterocycles. The van der Waals surface area contributed by atoms with E-state index in [1.165, 1.54) is 5.56 Å². The van der Waals surface area contributed by atoms with Crippen molar-refractivity contribution in [1.82, 2.24) is 19.9 Å². The van der Waals surface area contributed by atoms with Crippen molar-refractivity contribution in [3.05, 3.63) is 68.9 Å². The minimum absolute atomic E-state index is 0.159. The highest BCUT2D eigenvalue weighted by molar-refractivity contribution is 7.19. The van der Waals surface area contributed by atoms with E-state index in [2.05, 4.69) is 32.0 Å². The van der Waals surface area contributed by atoms with Gasteiger partial charge in [0.1, 0.15) is 11.6 Å². The number of piperazine rings is 1. The molecule has 0 bridgehead atoms. The average molecular weight is 510 g/mol. The molecule has 1 aliphatic carbocycles. The molecule has 3 aromatic heterocycles. The lowest BCUT2D eigenvalue weighted by molar-refractivity contribution is 0.253. The molecule has 1 saturated heterocycles. The third-order valence-electron chi connectivity index (χ3n) is 7.50. The van der Waals surface area contributed by atoms with E-state index < -0.39 is 0 Å². The van der Waals surface area contributed by atoms with Crippen LogP contribution < -0.4 is 10.5 Å². The third-order valence-corrected chi connectivity index (χ3v) is 8.69. The fraction of sp³-hybridized carbons (Fsp3) is 0.357. The Morgan fingerprint density at radius 1 is 1.05 bits per heavy atom. The first-order valence-electron chi connectivity index (χ1n) is 12.8. The van der Waals surface area contributed by atoms with E-state index in [-0.39, 0.29) is 11.1 Å². The lowest BCUT2D eigenvalue weighted by atomic mass is 9.97. The van der Waals surface area contributed by atoms with Crippen molar-refractivity contribution in [3.8, 4) is 22.6 Å². The second-order valence-electron chi connectivity index (χ2n) is 9.76. The summed E-state index contributed by atoms with van der Waals surface area (Å²) in [6.45, 7) is 5.03. The summed E-state index contributed by atoms with van der Waals surface area (Å²) in [5.74, 6) is 0. The molecule has 8 nitrogen and oxygen atoms in total.